The number of amides is 1. The van der Waals surface area contributed by atoms with Crippen molar-refractivity contribution in [1.29, 1.82) is 0 Å². The maximum absolute atomic E-state index is 11.9. The first-order valence-corrected chi connectivity index (χ1v) is 7.65. The van der Waals surface area contributed by atoms with Crippen LogP contribution in [0.25, 0.3) is 0 Å². The third kappa shape index (κ3) is 2.79. The Labute approximate surface area is 114 Å². The molecule has 2 rings (SSSR count). The minimum atomic E-state index is -3.45. The highest BCUT2D eigenvalue weighted by Crippen LogP contribution is 2.25. The molecule has 2 atom stereocenters. The summed E-state index contributed by atoms with van der Waals surface area (Å²) in [7, 11) is 0.00162. The van der Waals surface area contributed by atoms with E-state index in [0.29, 0.717) is 18.7 Å². The van der Waals surface area contributed by atoms with Gasteiger partial charge in [0.15, 0.2) is 0 Å². The Morgan fingerprint density at radius 3 is 2.47 bits per heavy atom. The monoisotopic (exact) mass is 302 g/mol. The van der Waals surface area contributed by atoms with Gasteiger partial charge in [-0.2, -0.15) is 0 Å². The molecule has 0 spiro atoms. The highest BCUT2D eigenvalue weighted by atomic mass is 32.2. The van der Waals surface area contributed by atoms with Crippen molar-refractivity contribution in [3.8, 4) is 0 Å². The highest BCUT2D eigenvalue weighted by Gasteiger charge is 2.32. The number of hydrogen-bond donors (Lipinski definition) is 1. The molecule has 1 amide bonds. The van der Waals surface area contributed by atoms with Crippen molar-refractivity contribution in [2.45, 2.75) is 17.4 Å². The summed E-state index contributed by atoms with van der Waals surface area (Å²) in [6, 6.07) is 6.19. The standard InChI is InChI=1S/C11H15N2O4PS/c1-12-19(15,16)9-4-2-8(3-5-9)13-7-6-10(17-18)11(13)14/h2-5,10,12H,6-7,18H2,1H3. The summed E-state index contributed by atoms with van der Waals surface area (Å²) >= 11 is 0. The quantitative estimate of drug-likeness (QED) is 0.822. The van der Waals surface area contributed by atoms with Crippen LogP contribution in [-0.2, 0) is 19.3 Å². The van der Waals surface area contributed by atoms with E-state index in [-0.39, 0.29) is 10.8 Å². The molecule has 0 saturated carbocycles. The number of benzene rings is 1. The fourth-order valence-electron chi connectivity index (χ4n) is 1.96. The number of sulfonamides is 1. The summed E-state index contributed by atoms with van der Waals surface area (Å²) in [5.74, 6) is -0.112. The van der Waals surface area contributed by atoms with Crippen LogP contribution in [0, 0.1) is 0 Å². The van der Waals surface area contributed by atoms with Crippen LogP contribution in [0.4, 0.5) is 5.69 Å². The first-order valence-electron chi connectivity index (χ1n) is 5.70. The van der Waals surface area contributed by atoms with Crippen LogP contribution in [0.2, 0.25) is 0 Å². The van der Waals surface area contributed by atoms with Gasteiger partial charge in [0.1, 0.15) is 6.10 Å². The SMILES string of the molecule is CNS(=O)(=O)c1ccc(N2CCC(OP)C2=O)cc1. The second kappa shape index (κ2) is 5.54. The molecule has 104 valence electrons. The molecule has 8 heteroatoms. The Morgan fingerprint density at radius 2 is 2.00 bits per heavy atom. The minimum Gasteiger partial charge on any atom is -0.353 e. The van der Waals surface area contributed by atoms with Crippen molar-refractivity contribution >= 4 is 31.1 Å². The zero-order valence-electron chi connectivity index (χ0n) is 10.4. The van der Waals surface area contributed by atoms with Crippen LogP contribution in [0.1, 0.15) is 6.42 Å². The van der Waals surface area contributed by atoms with Crippen LogP contribution in [0.3, 0.4) is 0 Å². The number of hydrogen-bond acceptors (Lipinski definition) is 4. The zero-order valence-corrected chi connectivity index (χ0v) is 12.3. The minimum absolute atomic E-state index is 0.112. The van der Waals surface area contributed by atoms with E-state index in [1.54, 1.807) is 17.0 Å². The number of carbonyl (C=O) groups is 1. The lowest BCUT2D eigenvalue weighted by Gasteiger charge is -2.16. The van der Waals surface area contributed by atoms with Crippen LogP contribution < -0.4 is 9.62 Å². The molecule has 1 N–H and O–H groups in total. The Hall–Kier alpha value is -1.01. The average Bonchev–Trinajstić information content (AvgIpc) is 2.80. The predicted octanol–water partition coefficient (Wildman–Crippen LogP) is 0.507. The summed E-state index contributed by atoms with van der Waals surface area (Å²) in [5.41, 5.74) is 0.671. The van der Waals surface area contributed by atoms with E-state index < -0.39 is 16.1 Å². The lowest BCUT2D eigenvalue weighted by Crippen LogP contribution is -2.29. The van der Waals surface area contributed by atoms with Crippen molar-refractivity contribution in [3.63, 3.8) is 0 Å². The molecule has 2 unspecified atom stereocenters. The van der Waals surface area contributed by atoms with Gasteiger partial charge in [0.05, 0.1) is 4.90 Å². The second-order valence-electron chi connectivity index (χ2n) is 4.10. The van der Waals surface area contributed by atoms with E-state index in [4.69, 9.17) is 4.52 Å². The maximum atomic E-state index is 11.9. The van der Waals surface area contributed by atoms with Gasteiger partial charge in [0.2, 0.25) is 10.0 Å². The lowest BCUT2D eigenvalue weighted by atomic mass is 10.3. The second-order valence-corrected chi connectivity index (χ2v) is 6.26. The smallest absolute Gasteiger partial charge is 0.256 e. The summed E-state index contributed by atoms with van der Waals surface area (Å²) < 4.78 is 30.4. The fourth-order valence-corrected chi connectivity index (χ4v) is 2.94. The van der Waals surface area contributed by atoms with Gasteiger partial charge >= 0.3 is 0 Å². The van der Waals surface area contributed by atoms with Crippen LogP contribution >= 0.6 is 9.47 Å². The molecule has 1 saturated heterocycles. The first-order chi connectivity index (χ1) is 8.99. The fraction of sp³-hybridized carbons (Fsp3) is 0.364. The molecule has 1 fully saturated rings. The molecule has 1 aliphatic heterocycles. The van der Waals surface area contributed by atoms with Crippen LogP contribution in [0.15, 0.2) is 29.2 Å². The van der Waals surface area contributed by atoms with Crippen LogP contribution in [0.5, 0.6) is 0 Å². The van der Waals surface area contributed by atoms with E-state index in [0.717, 1.165) is 0 Å². The molecule has 0 radical (unpaired) electrons. The van der Waals surface area contributed by atoms with Gasteiger partial charge in [-0.05, 0) is 31.3 Å². The Kier molecular flexibility index (Phi) is 4.20. The molecule has 1 heterocycles. The Morgan fingerprint density at radius 1 is 1.37 bits per heavy atom. The molecule has 0 aromatic heterocycles. The van der Waals surface area contributed by atoms with E-state index in [9.17, 15) is 13.2 Å². The topological polar surface area (TPSA) is 75.7 Å². The normalized spacial score (nSPS) is 20.0. The zero-order chi connectivity index (χ0) is 14.0. The number of anilines is 1. The van der Waals surface area contributed by atoms with E-state index >= 15 is 0 Å². The molecular formula is C11H15N2O4PS. The van der Waals surface area contributed by atoms with Gasteiger partial charge in [0, 0.05) is 28.1 Å². The van der Waals surface area contributed by atoms with Crippen LogP contribution in [-0.4, -0.2) is 34.0 Å². The average molecular weight is 302 g/mol. The summed E-state index contributed by atoms with van der Waals surface area (Å²) in [6.45, 7) is 0.566. The predicted molar refractivity (Wildman–Crippen MR) is 74.2 cm³/mol. The van der Waals surface area contributed by atoms with Crippen molar-refractivity contribution < 1.29 is 17.7 Å². The Balaban J connectivity index is 2.23. The van der Waals surface area contributed by atoms with Crippen molar-refractivity contribution in [2.24, 2.45) is 0 Å². The Bertz CT molecular complexity index is 573. The molecule has 6 nitrogen and oxygen atoms in total. The number of nitrogens with one attached hydrogen (secondary N) is 1. The third-order valence-corrected chi connectivity index (χ3v) is 4.81. The molecule has 0 bridgehead atoms. The van der Waals surface area contributed by atoms with E-state index in [1.165, 1.54) is 19.2 Å². The third-order valence-electron chi connectivity index (χ3n) is 3.05. The summed E-state index contributed by atoms with van der Waals surface area (Å²) in [4.78, 5) is 13.7. The first kappa shape index (κ1) is 14.4. The van der Waals surface area contributed by atoms with Crippen molar-refractivity contribution in [2.75, 3.05) is 18.5 Å². The van der Waals surface area contributed by atoms with Gasteiger partial charge < -0.3 is 9.42 Å². The summed E-state index contributed by atoms with van der Waals surface area (Å²) in [6.07, 6.45) is 0.185. The molecule has 1 aliphatic rings. The van der Waals surface area contributed by atoms with Gasteiger partial charge in [-0.15, -0.1) is 0 Å². The number of nitrogens with zero attached hydrogens (tertiary/aromatic N) is 1. The summed E-state index contributed by atoms with van der Waals surface area (Å²) in [5, 5.41) is 0. The molecule has 1 aromatic rings. The number of rotatable bonds is 4. The molecule has 19 heavy (non-hydrogen) atoms. The van der Waals surface area contributed by atoms with Gasteiger partial charge in [-0.1, -0.05) is 0 Å². The van der Waals surface area contributed by atoms with Gasteiger partial charge in [-0.25, -0.2) is 13.1 Å². The largest absolute Gasteiger partial charge is 0.353 e. The van der Waals surface area contributed by atoms with Crippen molar-refractivity contribution in [3.05, 3.63) is 24.3 Å². The van der Waals surface area contributed by atoms with E-state index in [1.807, 2.05) is 0 Å². The maximum Gasteiger partial charge on any atom is 0.256 e. The number of carbonyl (C=O) groups excluding carboxylic acids is 1. The molecular weight excluding hydrogens is 287 g/mol. The van der Waals surface area contributed by atoms with Crippen molar-refractivity contribution in [1.82, 2.24) is 4.72 Å². The molecule has 0 aliphatic carbocycles. The highest BCUT2D eigenvalue weighted by molar-refractivity contribution is 7.89. The van der Waals surface area contributed by atoms with Gasteiger partial charge in [-0.3, -0.25) is 4.79 Å². The molecule has 1 aromatic carbocycles. The van der Waals surface area contributed by atoms with Gasteiger partial charge in [0.25, 0.3) is 5.91 Å². The van der Waals surface area contributed by atoms with E-state index in [2.05, 4.69) is 14.2 Å². The lowest BCUT2D eigenvalue weighted by molar-refractivity contribution is -0.122.